The summed E-state index contributed by atoms with van der Waals surface area (Å²) in [6.45, 7) is 6.38. The van der Waals surface area contributed by atoms with Crippen molar-refractivity contribution < 1.29 is 9.59 Å². The average molecular weight is 629 g/mol. The highest BCUT2D eigenvalue weighted by Gasteiger charge is 2.26. The van der Waals surface area contributed by atoms with E-state index < -0.39 is 0 Å². The van der Waals surface area contributed by atoms with Crippen LogP contribution < -0.4 is 0 Å². The largest absolute Gasteiger partial charge is 0.347 e. The smallest absolute Gasteiger partial charge is 0.256 e. The van der Waals surface area contributed by atoms with Crippen LogP contribution in [0.5, 0.6) is 0 Å². The van der Waals surface area contributed by atoms with E-state index in [1.165, 1.54) is 5.56 Å². The Kier molecular flexibility index (Phi) is 9.20. The van der Waals surface area contributed by atoms with Crippen molar-refractivity contribution in [1.82, 2.24) is 28.8 Å². The Balaban J connectivity index is 1.05. The average Bonchev–Trinajstić information content (AvgIpc) is 3.74. The molecule has 0 spiro atoms. The zero-order valence-corrected chi connectivity index (χ0v) is 27.3. The Morgan fingerprint density at radius 3 is 2.34 bits per heavy atom. The molecular weight excluding hydrogens is 584 g/mol. The summed E-state index contributed by atoms with van der Waals surface area (Å²) in [4.78, 5) is 37.8. The summed E-state index contributed by atoms with van der Waals surface area (Å²) in [5, 5.41) is 2.31. The Morgan fingerprint density at radius 1 is 0.787 bits per heavy atom. The third-order valence-corrected chi connectivity index (χ3v) is 10.0. The quantitative estimate of drug-likeness (QED) is 0.207. The van der Waals surface area contributed by atoms with Crippen LogP contribution in [0.15, 0.2) is 97.7 Å². The zero-order chi connectivity index (χ0) is 32.2. The number of aryl methyl sites for hydroxylation is 1. The van der Waals surface area contributed by atoms with E-state index in [2.05, 4.69) is 86.9 Å². The summed E-state index contributed by atoms with van der Waals surface area (Å²) in [7, 11) is 2.11. The predicted octanol–water partition coefficient (Wildman–Crippen LogP) is 5.81. The van der Waals surface area contributed by atoms with E-state index in [0.29, 0.717) is 18.9 Å². The maximum Gasteiger partial charge on any atom is 0.256 e. The monoisotopic (exact) mass is 628 g/mol. The predicted molar refractivity (Wildman–Crippen MR) is 186 cm³/mol. The lowest BCUT2D eigenvalue weighted by atomic mass is 9.96. The molecule has 7 rings (SSSR count). The van der Waals surface area contributed by atoms with Gasteiger partial charge in [0.25, 0.3) is 5.91 Å². The normalized spacial score (nSPS) is 16.2. The number of nitrogens with zero attached hydrogens (tertiary/aromatic N) is 6. The number of rotatable bonds is 9. The number of hydrogen-bond acceptors (Lipinski definition) is 4. The van der Waals surface area contributed by atoms with Crippen LogP contribution in [-0.2, 0) is 24.3 Å². The number of piperidine rings is 1. The molecule has 0 radical (unpaired) electrons. The molecule has 5 aromatic rings. The van der Waals surface area contributed by atoms with Crippen LogP contribution in [0.2, 0.25) is 0 Å². The van der Waals surface area contributed by atoms with Gasteiger partial charge in [-0.1, -0.05) is 72.8 Å². The molecule has 242 valence electrons. The Hall–Kier alpha value is -4.69. The van der Waals surface area contributed by atoms with Crippen molar-refractivity contribution in [3.8, 4) is 11.1 Å². The summed E-state index contributed by atoms with van der Waals surface area (Å²) in [6.07, 6.45) is 11.4. The number of benzene rings is 3. The number of amides is 2. The Bertz CT molecular complexity index is 1820. The summed E-state index contributed by atoms with van der Waals surface area (Å²) >= 11 is 0. The van der Waals surface area contributed by atoms with Gasteiger partial charge in [-0.25, -0.2) is 4.98 Å². The van der Waals surface area contributed by atoms with Gasteiger partial charge < -0.3 is 23.8 Å². The molecule has 0 saturated carbocycles. The van der Waals surface area contributed by atoms with Gasteiger partial charge in [0.2, 0.25) is 5.91 Å². The molecule has 0 unspecified atom stereocenters. The molecule has 0 atom stereocenters. The minimum atomic E-state index is 0.0957. The van der Waals surface area contributed by atoms with Crippen LogP contribution in [0.1, 0.15) is 40.9 Å². The second-order valence-electron chi connectivity index (χ2n) is 13.2. The molecule has 2 aromatic heterocycles. The lowest BCUT2D eigenvalue weighted by Gasteiger charge is -2.32. The van der Waals surface area contributed by atoms with E-state index in [4.69, 9.17) is 0 Å². The van der Waals surface area contributed by atoms with Gasteiger partial charge in [0, 0.05) is 76.4 Å². The number of carbonyl (C=O) groups excluding carboxylic acids is 2. The van der Waals surface area contributed by atoms with Crippen molar-refractivity contribution in [3.05, 3.63) is 115 Å². The fourth-order valence-electron chi connectivity index (χ4n) is 7.15. The van der Waals surface area contributed by atoms with Gasteiger partial charge in [0.05, 0.1) is 24.1 Å². The summed E-state index contributed by atoms with van der Waals surface area (Å²) in [5.74, 6) is 0.844. The molecule has 2 saturated heterocycles. The maximum atomic E-state index is 14.0. The van der Waals surface area contributed by atoms with E-state index in [0.717, 1.165) is 98.2 Å². The number of hydrogen-bond donors (Lipinski definition) is 0. The molecule has 2 fully saturated rings. The topological polar surface area (TPSA) is 66.6 Å². The van der Waals surface area contributed by atoms with Gasteiger partial charge in [0.15, 0.2) is 0 Å². The summed E-state index contributed by atoms with van der Waals surface area (Å²) in [5.41, 5.74) is 5.14. The van der Waals surface area contributed by atoms with E-state index >= 15 is 0 Å². The highest BCUT2D eigenvalue weighted by Crippen LogP contribution is 2.33. The van der Waals surface area contributed by atoms with Crippen LogP contribution >= 0.6 is 0 Å². The summed E-state index contributed by atoms with van der Waals surface area (Å²) < 4.78 is 4.42. The van der Waals surface area contributed by atoms with E-state index in [-0.39, 0.29) is 11.8 Å². The van der Waals surface area contributed by atoms with Gasteiger partial charge >= 0.3 is 0 Å². The molecular formula is C39H44N6O2. The molecule has 0 aliphatic carbocycles. The number of imidazole rings is 1. The third kappa shape index (κ3) is 7.03. The molecule has 47 heavy (non-hydrogen) atoms. The number of piperazine rings is 1. The number of fused-ring (bicyclic) bond motifs is 1. The lowest BCUT2D eigenvalue weighted by molar-refractivity contribution is -0.132. The highest BCUT2D eigenvalue weighted by molar-refractivity contribution is 6.06. The van der Waals surface area contributed by atoms with Crippen molar-refractivity contribution in [2.75, 3.05) is 46.3 Å². The molecule has 0 N–H and O–H groups in total. The SMILES string of the molecule is CN1CCN(C(=O)c2cn(Cc3cncn3CC3CCN(C(=O)CCc4ccccc4)CC3)cc2-c2cccc3ccccc23)CC1. The molecule has 2 aliphatic rings. The standard InChI is InChI=1S/C39H44N6O2/c1-41-20-22-44(23-21-41)39(47)37-28-42(27-36(37)35-13-7-11-32-10-5-6-12-34(32)35)26-33-24-40-29-45(33)25-31-16-18-43(19-17-31)38(46)15-14-30-8-3-2-4-9-30/h2-13,24,27-29,31H,14-23,25-26H2,1H3. The van der Waals surface area contributed by atoms with Crippen molar-refractivity contribution >= 4 is 22.6 Å². The van der Waals surface area contributed by atoms with E-state index in [1.807, 2.05) is 46.7 Å². The first-order valence-corrected chi connectivity index (χ1v) is 17.0. The maximum absolute atomic E-state index is 14.0. The van der Waals surface area contributed by atoms with Crippen LogP contribution in [-0.4, -0.2) is 86.9 Å². The number of likely N-dealkylation sites (tertiary alicyclic amines) is 1. The molecule has 4 heterocycles. The second-order valence-corrected chi connectivity index (χ2v) is 13.2. The first kappa shape index (κ1) is 30.9. The number of carbonyl (C=O) groups is 2. The van der Waals surface area contributed by atoms with Crippen LogP contribution in [0.3, 0.4) is 0 Å². The minimum Gasteiger partial charge on any atom is -0.347 e. The van der Waals surface area contributed by atoms with Gasteiger partial charge in [-0.2, -0.15) is 0 Å². The van der Waals surface area contributed by atoms with Crippen molar-refractivity contribution in [2.45, 2.75) is 38.8 Å². The van der Waals surface area contributed by atoms with E-state index in [9.17, 15) is 9.59 Å². The molecule has 2 amide bonds. The van der Waals surface area contributed by atoms with Crippen molar-refractivity contribution in [1.29, 1.82) is 0 Å². The highest BCUT2D eigenvalue weighted by atomic mass is 16.2. The molecule has 2 aliphatic heterocycles. The molecule has 3 aromatic carbocycles. The third-order valence-electron chi connectivity index (χ3n) is 10.0. The lowest BCUT2D eigenvalue weighted by Crippen LogP contribution is -2.47. The molecule has 8 heteroatoms. The second kappa shape index (κ2) is 14.0. The molecule has 0 bridgehead atoms. The van der Waals surface area contributed by atoms with Gasteiger partial charge in [-0.05, 0) is 54.1 Å². The van der Waals surface area contributed by atoms with Crippen molar-refractivity contribution in [2.24, 2.45) is 5.92 Å². The summed E-state index contributed by atoms with van der Waals surface area (Å²) in [6, 6.07) is 25.0. The fourth-order valence-corrected chi connectivity index (χ4v) is 7.15. The zero-order valence-electron chi connectivity index (χ0n) is 27.3. The Morgan fingerprint density at radius 2 is 1.53 bits per heavy atom. The van der Waals surface area contributed by atoms with Gasteiger partial charge in [0.1, 0.15) is 0 Å². The Labute approximate surface area is 277 Å². The number of likely N-dealkylation sites (N-methyl/N-ethyl adjacent to an activating group) is 1. The first-order chi connectivity index (χ1) is 23.0. The molecule has 8 nitrogen and oxygen atoms in total. The fraction of sp³-hybridized carbons (Fsp3) is 0.359. The van der Waals surface area contributed by atoms with Crippen molar-refractivity contribution in [3.63, 3.8) is 0 Å². The first-order valence-electron chi connectivity index (χ1n) is 17.0. The van der Waals surface area contributed by atoms with Crippen LogP contribution in [0, 0.1) is 5.92 Å². The van der Waals surface area contributed by atoms with Gasteiger partial charge in [-0.3, -0.25) is 9.59 Å². The minimum absolute atomic E-state index is 0.0957. The van der Waals surface area contributed by atoms with Gasteiger partial charge in [-0.15, -0.1) is 0 Å². The number of aromatic nitrogens is 3. The van der Waals surface area contributed by atoms with E-state index in [1.54, 1.807) is 0 Å². The van der Waals surface area contributed by atoms with Crippen LogP contribution in [0.4, 0.5) is 0 Å². The van der Waals surface area contributed by atoms with Crippen LogP contribution in [0.25, 0.3) is 21.9 Å².